The fourth-order valence-corrected chi connectivity index (χ4v) is 5.80. The van der Waals surface area contributed by atoms with Crippen molar-refractivity contribution in [2.75, 3.05) is 33.2 Å². The highest BCUT2D eigenvalue weighted by molar-refractivity contribution is 6.14. The van der Waals surface area contributed by atoms with Crippen LogP contribution < -0.4 is 15.5 Å². The second-order valence-corrected chi connectivity index (χ2v) is 10.8. The third-order valence-electron chi connectivity index (χ3n) is 8.09. The first kappa shape index (κ1) is 24.6. The Morgan fingerprint density at radius 3 is 2.73 bits per heavy atom. The molecule has 3 aromatic rings. The van der Waals surface area contributed by atoms with Gasteiger partial charge in [0, 0.05) is 67.5 Å². The molecule has 2 atom stereocenters. The Morgan fingerprint density at radius 1 is 0.975 bits per heavy atom. The fourth-order valence-electron chi connectivity index (χ4n) is 5.80. The van der Waals surface area contributed by atoms with Crippen LogP contribution >= 0.6 is 0 Å². The van der Waals surface area contributed by atoms with E-state index in [4.69, 9.17) is 9.84 Å². The maximum Gasteiger partial charge on any atom is 0.138 e. The van der Waals surface area contributed by atoms with E-state index in [0.29, 0.717) is 13.2 Å². The normalized spacial score (nSPS) is 21.8. The molecule has 2 unspecified atom stereocenters. The summed E-state index contributed by atoms with van der Waals surface area (Å²) in [6.07, 6.45) is 10.1. The van der Waals surface area contributed by atoms with Gasteiger partial charge in [0.2, 0.25) is 0 Å². The molecule has 1 aromatic heterocycles. The third-order valence-corrected chi connectivity index (χ3v) is 8.09. The zero-order valence-electron chi connectivity index (χ0n) is 22.6. The van der Waals surface area contributed by atoms with Crippen LogP contribution in [0.4, 0.5) is 0 Å². The number of aliphatic imine (C=N–C) groups is 1. The number of allylic oxidation sites excluding steroid dienone is 1. The van der Waals surface area contributed by atoms with E-state index in [1.807, 2.05) is 36.8 Å². The summed E-state index contributed by atoms with van der Waals surface area (Å²) in [6.45, 7) is 5.41. The molecule has 8 heteroatoms. The molecule has 0 saturated carbocycles. The highest BCUT2D eigenvalue weighted by atomic mass is 16.5. The highest BCUT2D eigenvalue weighted by Gasteiger charge is 2.36. The number of nitrogens with one attached hydrogen (secondary N) is 2. The summed E-state index contributed by atoms with van der Waals surface area (Å²) in [7, 11) is 2.19. The molecule has 4 aliphatic rings. The number of rotatable bonds is 6. The topological polar surface area (TPSA) is 77.4 Å². The van der Waals surface area contributed by atoms with Crippen LogP contribution in [0.5, 0.6) is 5.75 Å². The van der Waals surface area contributed by atoms with Gasteiger partial charge >= 0.3 is 0 Å². The lowest BCUT2D eigenvalue weighted by Crippen LogP contribution is -2.47. The minimum absolute atomic E-state index is 0.133. The van der Waals surface area contributed by atoms with Crippen LogP contribution in [0.3, 0.4) is 0 Å². The predicted octanol–water partition coefficient (Wildman–Crippen LogP) is 3.78. The molecule has 4 aliphatic heterocycles. The number of benzene rings is 2. The summed E-state index contributed by atoms with van der Waals surface area (Å²) in [4.78, 5) is 13.9. The SMILES string of the molecule is CN1CCN(C2=CN=CC3NC(C4=NNCc5ccc(-c6cncc(OCc7ccccc7)c6)cc54)=CC23)CC1. The van der Waals surface area contributed by atoms with Crippen LogP contribution in [0.2, 0.25) is 0 Å². The monoisotopic (exact) mass is 531 g/mol. The maximum absolute atomic E-state index is 6.05. The van der Waals surface area contributed by atoms with Crippen LogP contribution in [0, 0.1) is 5.92 Å². The van der Waals surface area contributed by atoms with E-state index in [9.17, 15) is 0 Å². The number of piperazine rings is 1. The van der Waals surface area contributed by atoms with Gasteiger partial charge in [0.25, 0.3) is 0 Å². The summed E-state index contributed by atoms with van der Waals surface area (Å²) in [5.74, 6) is 0.996. The number of nitrogens with zero attached hydrogens (tertiary/aromatic N) is 5. The Bertz CT molecular complexity index is 1520. The fraction of sp³-hybridized carbons (Fsp3) is 0.281. The molecule has 2 aromatic carbocycles. The maximum atomic E-state index is 6.05. The Kier molecular flexibility index (Phi) is 6.53. The summed E-state index contributed by atoms with van der Waals surface area (Å²) in [6, 6.07) is 18.9. The van der Waals surface area contributed by atoms with Gasteiger partial charge < -0.3 is 25.3 Å². The number of fused-ring (bicyclic) bond motifs is 2. The molecular formula is C32H33N7O. The zero-order chi connectivity index (χ0) is 26.9. The van der Waals surface area contributed by atoms with Crippen molar-refractivity contribution in [3.8, 4) is 16.9 Å². The second-order valence-electron chi connectivity index (χ2n) is 10.8. The first-order chi connectivity index (χ1) is 19.7. The molecule has 40 heavy (non-hydrogen) atoms. The van der Waals surface area contributed by atoms with Gasteiger partial charge in [0.1, 0.15) is 18.1 Å². The van der Waals surface area contributed by atoms with Crippen molar-refractivity contribution >= 4 is 11.9 Å². The molecule has 5 heterocycles. The highest BCUT2D eigenvalue weighted by Crippen LogP contribution is 2.33. The number of hydrogen-bond acceptors (Lipinski definition) is 8. The molecule has 0 aliphatic carbocycles. The lowest BCUT2D eigenvalue weighted by Gasteiger charge is -2.38. The average Bonchev–Trinajstić information content (AvgIpc) is 3.45. The molecule has 1 saturated heterocycles. The van der Waals surface area contributed by atoms with Crippen molar-refractivity contribution in [2.45, 2.75) is 19.2 Å². The third kappa shape index (κ3) is 4.86. The molecule has 202 valence electrons. The van der Waals surface area contributed by atoms with E-state index in [1.54, 1.807) is 6.20 Å². The molecule has 0 bridgehead atoms. The number of pyridine rings is 1. The average molecular weight is 532 g/mol. The first-order valence-electron chi connectivity index (χ1n) is 13.9. The molecule has 0 radical (unpaired) electrons. The van der Waals surface area contributed by atoms with Crippen LogP contribution in [0.1, 0.15) is 16.7 Å². The van der Waals surface area contributed by atoms with E-state index in [2.05, 4.69) is 80.0 Å². The quantitative estimate of drug-likeness (QED) is 0.504. The van der Waals surface area contributed by atoms with Gasteiger partial charge in [-0.25, -0.2) is 0 Å². The predicted molar refractivity (Wildman–Crippen MR) is 158 cm³/mol. The summed E-state index contributed by atoms with van der Waals surface area (Å²) in [5.41, 5.74) is 12.1. The van der Waals surface area contributed by atoms with E-state index in [1.165, 1.54) is 11.3 Å². The summed E-state index contributed by atoms with van der Waals surface area (Å²) >= 11 is 0. The lowest BCUT2D eigenvalue weighted by atomic mass is 9.93. The van der Waals surface area contributed by atoms with E-state index >= 15 is 0 Å². The lowest BCUT2D eigenvalue weighted by molar-refractivity contribution is 0.175. The van der Waals surface area contributed by atoms with Gasteiger partial charge in [-0.15, -0.1) is 0 Å². The van der Waals surface area contributed by atoms with Crippen molar-refractivity contribution < 1.29 is 4.74 Å². The Balaban J connectivity index is 1.14. The Hall–Kier alpha value is -4.43. The van der Waals surface area contributed by atoms with Gasteiger partial charge in [-0.05, 0) is 41.9 Å². The van der Waals surface area contributed by atoms with Crippen molar-refractivity contribution in [1.82, 2.24) is 25.5 Å². The van der Waals surface area contributed by atoms with E-state index < -0.39 is 0 Å². The Morgan fingerprint density at radius 2 is 1.85 bits per heavy atom. The number of hydrogen-bond donors (Lipinski definition) is 2. The minimum atomic E-state index is 0.133. The first-order valence-corrected chi connectivity index (χ1v) is 13.9. The van der Waals surface area contributed by atoms with Gasteiger partial charge in [-0.1, -0.05) is 42.5 Å². The molecule has 8 nitrogen and oxygen atoms in total. The largest absolute Gasteiger partial charge is 0.487 e. The van der Waals surface area contributed by atoms with Gasteiger partial charge in [0.05, 0.1) is 24.5 Å². The minimum Gasteiger partial charge on any atom is -0.487 e. The smallest absolute Gasteiger partial charge is 0.138 e. The van der Waals surface area contributed by atoms with E-state index in [0.717, 1.165) is 65.6 Å². The van der Waals surface area contributed by atoms with Crippen molar-refractivity contribution in [2.24, 2.45) is 16.0 Å². The summed E-state index contributed by atoms with van der Waals surface area (Å²) in [5, 5.41) is 8.50. The number of ether oxygens (including phenoxy) is 1. The second kappa shape index (κ2) is 10.6. The summed E-state index contributed by atoms with van der Waals surface area (Å²) < 4.78 is 6.05. The van der Waals surface area contributed by atoms with Crippen LogP contribution in [-0.4, -0.2) is 66.0 Å². The van der Waals surface area contributed by atoms with Gasteiger partial charge in [0.15, 0.2) is 0 Å². The number of hydrazone groups is 1. The molecule has 2 N–H and O–H groups in total. The molecule has 1 fully saturated rings. The molecular weight excluding hydrogens is 498 g/mol. The van der Waals surface area contributed by atoms with Gasteiger partial charge in [-0.3, -0.25) is 9.98 Å². The van der Waals surface area contributed by atoms with Crippen LogP contribution in [0.15, 0.2) is 101 Å². The number of aromatic nitrogens is 1. The van der Waals surface area contributed by atoms with Crippen LogP contribution in [0.25, 0.3) is 11.1 Å². The Labute approximate surface area is 234 Å². The van der Waals surface area contributed by atoms with Gasteiger partial charge in [-0.2, -0.15) is 5.10 Å². The zero-order valence-corrected chi connectivity index (χ0v) is 22.6. The molecule has 0 amide bonds. The number of likely N-dealkylation sites (N-methyl/N-ethyl adjacent to an activating group) is 1. The van der Waals surface area contributed by atoms with Crippen molar-refractivity contribution in [3.63, 3.8) is 0 Å². The molecule has 7 rings (SSSR count). The van der Waals surface area contributed by atoms with Crippen LogP contribution in [-0.2, 0) is 13.2 Å². The van der Waals surface area contributed by atoms with E-state index in [-0.39, 0.29) is 12.0 Å². The standard InChI is InChI=1S/C32H33N7O/c1-38-9-11-39(12-10-38)31-20-34-19-30-28(31)15-29(36-30)32-27-14-23(7-8-24(27)17-35-37-32)25-13-26(18-33-16-25)40-21-22-5-3-2-4-6-22/h2-8,13-16,18-20,28,30,35-36H,9-12,17,21H2,1H3. The van der Waals surface area contributed by atoms with Crippen molar-refractivity contribution in [1.29, 1.82) is 0 Å². The molecule has 0 spiro atoms. The van der Waals surface area contributed by atoms with Crippen molar-refractivity contribution in [3.05, 3.63) is 107 Å².